The lowest BCUT2D eigenvalue weighted by Crippen LogP contribution is -2.13. The van der Waals surface area contributed by atoms with E-state index in [0.717, 1.165) is 4.09 Å². The van der Waals surface area contributed by atoms with Crippen LogP contribution in [0.4, 0.5) is 0 Å². The van der Waals surface area contributed by atoms with Crippen molar-refractivity contribution in [2.24, 2.45) is 0 Å². The third kappa shape index (κ3) is 1.91. The lowest BCUT2D eigenvalue weighted by atomic mass is 10.1. The molecule has 0 unspecified atom stereocenters. The van der Waals surface area contributed by atoms with Crippen molar-refractivity contribution in [3.05, 3.63) is 59.9 Å². The van der Waals surface area contributed by atoms with Crippen molar-refractivity contribution in [2.45, 2.75) is 4.90 Å². The first kappa shape index (κ1) is 12.2. The van der Waals surface area contributed by atoms with Gasteiger partial charge in [0.1, 0.15) is 0 Å². The third-order valence-corrected chi connectivity index (χ3v) is 4.79. The first-order chi connectivity index (χ1) is 9.10. The van der Waals surface area contributed by atoms with Crippen molar-refractivity contribution < 1.29 is 8.42 Å². The fourth-order valence-electron chi connectivity index (χ4n) is 1.96. The average Bonchev–Trinajstić information content (AvgIpc) is 2.94. The average molecular weight is 293 g/mol. The number of hydrogen-bond donors (Lipinski definition) is 0. The van der Waals surface area contributed by atoms with E-state index in [0.29, 0.717) is 15.8 Å². The summed E-state index contributed by atoms with van der Waals surface area (Å²) in [4.78, 5) is 0.191. The molecule has 0 N–H and O–H groups in total. The monoisotopic (exact) mass is 292 g/mol. The molecule has 19 heavy (non-hydrogen) atoms. The summed E-state index contributed by atoms with van der Waals surface area (Å²) in [7, 11) is -3.69. The second kappa shape index (κ2) is 4.36. The van der Waals surface area contributed by atoms with Crippen LogP contribution in [0.5, 0.6) is 0 Å². The molecule has 0 bridgehead atoms. The lowest BCUT2D eigenvalue weighted by molar-refractivity contribution is 0.581. The second-order valence-electron chi connectivity index (χ2n) is 3.97. The van der Waals surface area contributed by atoms with Crippen LogP contribution < -0.4 is 0 Å². The summed E-state index contributed by atoms with van der Waals surface area (Å²) in [5.41, 5.74) is 0. The zero-order valence-corrected chi connectivity index (χ0v) is 11.3. The lowest BCUT2D eigenvalue weighted by Gasteiger charge is -2.09. The van der Waals surface area contributed by atoms with Gasteiger partial charge >= 0.3 is 0 Å². The summed E-state index contributed by atoms with van der Waals surface area (Å²) >= 11 is 6.09. The van der Waals surface area contributed by atoms with Gasteiger partial charge in [-0.25, -0.2) is 0 Å². The topological polar surface area (TPSA) is 52.0 Å². The van der Waals surface area contributed by atoms with Crippen molar-refractivity contribution in [1.29, 1.82) is 0 Å². The molecule has 0 fully saturated rings. The van der Waals surface area contributed by atoms with E-state index >= 15 is 0 Å². The molecule has 2 aromatic carbocycles. The minimum absolute atomic E-state index is 0.191. The van der Waals surface area contributed by atoms with Crippen LogP contribution in [0.3, 0.4) is 0 Å². The van der Waals surface area contributed by atoms with Gasteiger partial charge in [0.2, 0.25) is 0 Å². The molecule has 0 spiro atoms. The van der Waals surface area contributed by atoms with Gasteiger partial charge in [-0.15, -0.1) is 0 Å². The summed E-state index contributed by atoms with van der Waals surface area (Å²) in [5, 5.41) is 5.61. The summed E-state index contributed by atoms with van der Waals surface area (Å²) in [6.45, 7) is 0. The molecule has 3 aromatic rings. The molecule has 1 aromatic heterocycles. The van der Waals surface area contributed by atoms with Gasteiger partial charge < -0.3 is 0 Å². The number of rotatable bonds is 2. The summed E-state index contributed by atoms with van der Waals surface area (Å²) in [5.74, 6) is 0. The van der Waals surface area contributed by atoms with E-state index in [1.807, 2.05) is 6.07 Å². The standard InChI is InChI=1S/C13H9ClN2O2S/c14-12-6-7-13(11-5-2-1-4-10(11)12)19(17,18)16-9-3-8-15-16/h1-9H. The molecule has 1 heterocycles. The van der Waals surface area contributed by atoms with E-state index in [4.69, 9.17) is 11.6 Å². The van der Waals surface area contributed by atoms with Gasteiger partial charge in [0, 0.05) is 22.0 Å². The molecule has 0 aliphatic rings. The molecule has 0 amide bonds. The normalized spacial score (nSPS) is 11.8. The Morgan fingerprint density at radius 2 is 1.74 bits per heavy atom. The van der Waals surface area contributed by atoms with Crippen molar-refractivity contribution in [1.82, 2.24) is 9.19 Å². The zero-order chi connectivity index (χ0) is 13.5. The highest BCUT2D eigenvalue weighted by Crippen LogP contribution is 2.29. The van der Waals surface area contributed by atoms with Gasteiger partial charge in [-0.05, 0) is 18.2 Å². The summed E-state index contributed by atoms with van der Waals surface area (Å²) in [6, 6.07) is 11.8. The number of aromatic nitrogens is 2. The highest BCUT2D eigenvalue weighted by atomic mass is 35.5. The van der Waals surface area contributed by atoms with Crippen LogP contribution in [-0.2, 0) is 10.0 Å². The van der Waals surface area contributed by atoms with Crippen LogP contribution in [-0.4, -0.2) is 17.6 Å². The maximum atomic E-state index is 12.5. The third-order valence-electron chi connectivity index (χ3n) is 2.84. The molecule has 0 radical (unpaired) electrons. The van der Waals surface area contributed by atoms with Crippen LogP contribution in [0.15, 0.2) is 59.8 Å². The Morgan fingerprint density at radius 3 is 2.42 bits per heavy atom. The van der Waals surface area contributed by atoms with E-state index < -0.39 is 10.0 Å². The number of benzene rings is 2. The highest BCUT2D eigenvalue weighted by Gasteiger charge is 2.20. The van der Waals surface area contributed by atoms with Gasteiger partial charge in [-0.1, -0.05) is 35.9 Å². The van der Waals surface area contributed by atoms with Crippen LogP contribution in [0.2, 0.25) is 5.02 Å². The van der Waals surface area contributed by atoms with Gasteiger partial charge in [-0.3, -0.25) is 0 Å². The van der Waals surface area contributed by atoms with Crippen LogP contribution in [0.1, 0.15) is 0 Å². The molecule has 0 aliphatic carbocycles. The number of halogens is 1. The first-order valence-electron chi connectivity index (χ1n) is 5.53. The summed E-state index contributed by atoms with van der Waals surface area (Å²) in [6.07, 6.45) is 2.83. The Labute approximate surface area is 115 Å². The molecule has 0 atom stereocenters. The Hall–Kier alpha value is -1.85. The first-order valence-corrected chi connectivity index (χ1v) is 7.35. The Morgan fingerprint density at radius 1 is 1.00 bits per heavy atom. The van der Waals surface area contributed by atoms with E-state index in [9.17, 15) is 8.42 Å². The van der Waals surface area contributed by atoms with E-state index in [1.165, 1.54) is 18.5 Å². The molecular weight excluding hydrogens is 284 g/mol. The largest absolute Gasteiger partial charge is 0.283 e. The van der Waals surface area contributed by atoms with Crippen molar-refractivity contribution in [2.75, 3.05) is 0 Å². The van der Waals surface area contributed by atoms with Gasteiger partial charge in [0.05, 0.1) is 11.1 Å². The van der Waals surface area contributed by atoms with Crippen molar-refractivity contribution in [3.63, 3.8) is 0 Å². The molecule has 4 nitrogen and oxygen atoms in total. The van der Waals surface area contributed by atoms with Crippen molar-refractivity contribution in [3.8, 4) is 0 Å². The maximum absolute atomic E-state index is 12.5. The minimum atomic E-state index is -3.69. The molecule has 0 aliphatic heterocycles. The highest BCUT2D eigenvalue weighted by molar-refractivity contribution is 7.90. The van der Waals surface area contributed by atoms with Crippen molar-refractivity contribution >= 4 is 32.4 Å². The van der Waals surface area contributed by atoms with Crippen LogP contribution in [0.25, 0.3) is 10.8 Å². The van der Waals surface area contributed by atoms with Gasteiger partial charge in [0.25, 0.3) is 10.0 Å². The predicted molar refractivity (Wildman–Crippen MR) is 73.8 cm³/mol. The van der Waals surface area contributed by atoms with Gasteiger partial charge in [-0.2, -0.15) is 17.6 Å². The number of fused-ring (bicyclic) bond motifs is 1. The molecule has 6 heteroatoms. The quantitative estimate of drug-likeness (QED) is 0.730. The molecule has 3 rings (SSSR count). The van der Waals surface area contributed by atoms with E-state index in [1.54, 1.807) is 30.3 Å². The second-order valence-corrected chi connectivity index (χ2v) is 6.15. The fourth-order valence-corrected chi connectivity index (χ4v) is 3.49. The predicted octanol–water partition coefficient (Wildman–Crippen LogP) is 2.93. The van der Waals surface area contributed by atoms with Crippen LogP contribution in [0, 0.1) is 0 Å². The Balaban J connectivity index is 2.36. The molecular formula is C13H9ClN2O2S. The van der Waals surface area contributed by atoms with Crippen LogP contribution >= 0.6 is 11.6 Å². The number of nitrogens with zero attached hydrogens (tertiary/aromatic N) is 2. The SMILES string of the molecule is O=S(=O)(c1ccc(Cl)c2ccccc12)n1cccn1. The molecule has 0 saturated heterocycles. The fraction of sp³-hybridized carbons (Fsp3) is 0. The Bertz CT molecular complexity index is 842. The van der Waals surface area contributed by atoms with E-state index in [-0.39, 0.29) is 4.90 Å². The molecule has 0 saturated carbocycles. The summed E-state index contributed by atoms with van der Waals surface area (Å²) < 4.78 is 25.9. The zero-order valence-electron chi connectivity index (χ0n) is 9.69. The minimum Gasteiger partial charge on any atom is -0.199 e. The maximum Gasteiger partial charge on any atom is 0.283 e. The van der Waals surface area contributed by atoms with Gasteiger partial charge in [0.15, 0.2) is 0 Å². The molecule has 96 valence electrons. The van der Waals surface area contributed by atoms with E-state index in [2.05, 4.69) is 5.10 Å². The smallest absolute Gasteiger partial charge is 0.199 e. The number of hydrogen-bond acceptors (Lipinski definition) is 3. The Kier molecular flexibility index (Phi) is 2.80.